The van der Waals surface area contributed by atoms with Crippen LogP contribution in [0.3, 0.4) is 0 Å². The number of ether oxygens (including phenoxy) is 1. The summed E-state index contributed by atoms with van der Waals surface area (Å²) in [6.45, 7) is -0.129. The van der Waals surface area contributed by atoms with Gasteiger partial charge in [-0.3, -0.25) is 0 Å². The van der Waals surface area contributed by atoms with E-state index in [1.54, 1.807) is 12.1 Å². The number of morpholine rings is 1. The summed E-state index contributed by atoms with van der Waals surface area (Å²) in [4.78, 5) is 3.83. The van der Waals surface area contributed by atoms with Crippen molar-refractivity contribution in [2.45, 2.75) is 17.2 Å². The zero-order valence-electron chi connectivity index (χ0n) is 15.4. The van der Waals surface area contributed by atoms with Crippen molar-refractivity contribution in [3.05, 3.63) is 66.1 Å². The molecule has 0 amide bonds. The molecule has 11 heteroatoms. The molecule has 0 aliphatic carbocycles. The summed E-state index contributed by atoms with van der Waals surface area (Å²) in [7, 11) is -4.17. The zero-order chi connectivity index (χ0) is 21.4. The maximum absolute atomic E-state index is 13.0. The molecule has 2 aromatic carbocycles. The molecule has 0 bridgehead atoms. The van der Waals surface area contributed by atoms with Crippen molar-refractivity contribution in [2.24, 2.45) is 0 Å². The van der Waals surface area contributed by atoms with Crippen LogP contribution >= 0.6 is 0 Å². The number of hydrogen-bond acceptors (Lipinski definition) is 6. The van der Waals surface area contributed by atoms with Crippen molar-refractivity contribution in [1.29, 1.82) is 0 Å². The lowest BCUT2D eigenvalue weighted by molar-refractivity contribution is -0.137. The minimum atomic E-state index is -4.64. The lowest BCUT2D eigenvalue weighted by Crippen LogP contribution is -2.42. The molecule has 2 heterocycles. The zero-order valence-corrected chi connectivity index (χ0v) is 16.2. The second kappa shape index (κ2) is 7.82. The molecule has 1 saturated heterocycles. The van der Waals surface area contributed by atoms with E-state index in [0.717, 1.165) is 28.1 Å². The standard InChI is InChI=1S/C19H16F3N3O4S/c20-19(21,22)14-7-4-8-15(11-14)30(26,27)25-9-10-28-16(12-25)18-23-17(24-29-18)13-5-2-1-3-6-13/h1-8,11,16H,9-10,12H2. The lowest BCUT2D eigenvalue weighted by Gasteiger charge is -2.30. The summed E-state index contributed by atoms with van der Waals surface area (Å²) in [6, 6.07) is 12.7. The number of sulfonamides is 1. The molecule has 4 rings (SSSR count). The van der Waals surface area contributed by atoms with Crippen molar-refractivity contribution < 1.29 is 30.8 Å². The summed E-state index contributed by atoms with van der Waals surface area (Å²) in [5.41, 5.74) is -0.311. The van der Waals surface area contributed by atoms with Crippen molar-refractivity contribution in [1.82, 2.24) is 14.4 Å². The molecule has 1 fully saturated rings. The van der Waals surface area contributed by atoms with Crippen LogP contribution in [-0.2, 0) is 20.9 Å². The molecule has 1 aliphatic heterocycles. The Kier molecular flexibility index (Phi) is 5.35. The van der Waals surface area contributed by atoms with Gasteiger partial charge in [0, 0.05) is 18.7 Å². The summed E-state index contributed by atoms with van der Waals surface area (Å²) in [6.07, 6.45) is -5.47. The minimum Gasteiger partial charge on any atom is -0.366 e. The molecule has 1 atom stereocenters. The van der Waals surface area contributed by atoms with E-state index in [-0.39, 0.29) is 25.6 Å². The van der Waals surface area contributed by atoms with Gasteiger partial charge in [0.2, 0.25) is 15.8 Å². The van der Waals surface area contributed by atoms with Crippen LogP contribution in [0.5, 0.6) is 0 Å². The maximum Gasteiger partial charge on any atom is 0.416 e. The Bertz CT molecular complexity index is 1130. The Morgan fingerprint density at radius 2 is 1.83 bits per heavy atom. The van der Waals surface area contributed by atoms with E-state index in [1.807, 2.05) is 18.2 Å². The Morgan fingerprint density at radius 1 is 1.07 bits per heavy atom. The first-order valence-corrected chi connectivity index (χ1v) is 10.4. The summed E-state index contributed by atoms with van der Waals surface area (Å²) in [5.74, 6) is 0.421. The van der Waals surface area contributed by atoms with Crippen molar-refractivity contribution in [3.8, 4) is 11.4 Å². The van der Waals surface area contributed by atoms with Gasteiger partial charge in [-0.05, 0) is 18.2 Å². The van der Waals surface area contributed by atoms with Crippen LogP contribution in [0.25, 0.3) is 11.4 Å². The fraction of sp³-hybridized carbons (Fsp3) is 0.263. The molecule has 7 nitrogen and oxygen atoms in total. The van der Waals surface area contributed by atoms with E-state index in [9.17, 15) is 21.6 Å². The van der Waals surface area contributed by atoms with Gasteiger partial charge in [-0.1, -0.05) is 41.6 Å². The van der Waals surface area contributed by atoms with E-state index in [4.69, 9.17) is 9.26 Å². The number of hydrogen-bond donors (Lipinski definition) is 0. The number of aromatic nitrogens is 2. The van der Waals surface area contributed by atoms with Gasteiger partial charge in [0.05, 0.1) is 17.1 Å². The summed E-state index contributed by atoms with van der Waals surface area (Å²) >= 11 is 0. The average molecular weight is 439 g/mol. The number of rotatable bonds is 4. The Hall–Kier alpha value is -2.76. The van der Waals surface area contributed by atoms with Crippen LogP contribution in [0.2, 0.25) is 0 Å². The minimum absolute atomic E-state index is 0.00520. The topological polar surface area (TPSA) is 85.5 Å². The SMILES string of the molecule is O=S(=O)(c1cccc(C(F)(F)F)c1)N1CCOC(c2nc(-c3ccccc3)no2)C1. The van der Waals surface area contributed by atoms with E-state index in [2.05, 4.69) is 10.1 Å². The van der Waals surface area contributed by atoms with Crippen molar-refractivity contribution in [2.75, 3.05) is 19.7 Å². The normalized spacial score (nSPS) is 18.4. The first-order chi connectivity index (χ1) is 14.2. The van der Waals surface area contributed by atoms with Gasteiger partial charge in [-0.2, -0.15) is 22.5 Å². The third-order valence-corrected chi connectivity index (χ3v) is 6.44. The van der Waals surface area contributed by atoms with Crippen LogP contribution in [0.4, 0.5) is 13.2 Å². The quantitative estimate of drug-likeness (QED) is 0.619. The molecule has 0 spiro atoms. The van der Waals surface area contributed by atoms with Crippen molar-refractivity contribution in [3.63, 3.8) is 0 Å². The number of nitrogens with zero attached hydrogens (tertiary/aromatic N) is 3. The summed E-state index contributed by atoms with van der Waals surface area (Å²) < 4.78 is 76.6. The monoisotopic (exact) mass is 439 g/mol. The largest absolute Gasteiger partial charge is 0.416 e. The molecule has 158 valence electrons. The Morgan fingerprint density at radius 3 is 2.57 bits per heavy atom. The first kappa shape index (κ1) is 20.5. The predicted molar refractivity (Wildman–Crippen MR) is 98.6 cm³/mol. The fourth-order valence-corrected chi connectivity index (χ4v) is 4.52. The third kappa shape index (κ3) is 4.09. The van der Waals surface area contributed by atoms with Gasteiger partial charge >= 0.3 is 6.18 Å². The van der Waals surface area contributed by atoms with E-state index >= 15 is 0 Å². The lowest BCUT2D eigenvalue weighted by atomic mass is 10.2. The molecule has 0 radical (unpaired) electrons. The van der Waals surface area contributed by atoms with Crippen molar-refractivity contribution >= 4 is 10.0 Å². The van der Waals surface area contributed by atoms with Crippen LogP contribution < -0.4 is 0 Å². The van der Waals surface area contributed by atoms with E-state index in [1.165, 1.54) is 0 Å². The molecule has 30 heavy (non-hydrogen) atoms. The van der Waals surface area contributed by atoms with E-state index < -0.39 is 32.8 Å². The highest BCUT2D eigenvalue weighted by Crippen LogP contribution is 2.32. The highest BCUT2D eigenvalue weighted by molar-refractivity contribution is 7.89. The molecule has 0 N–H and O–H groups in total. The molecular formula is C19H16F3N3O4S. The van der Waals surface area contributed by atoms with Gasteiger partial charge in [0.1, 0.15) is 0 Å². The summed E-state index contributed by atoms with van der Waals surface area (Å²) in [5, 5.41) is 3.89. The van der Waals surface area contributed by atoms with Crippen LogP contribution in [0.1, 0.15) is 17.6 Å². The predicted octanol–water partition coefficient (Wildman–Crippen LogP) is 3.52. The third-order valence-electron chi connectivity index (χ3n) is 4.58. The average Bonchev–Trinajstić information content (AvgIpc) is 3.24. The molecular weight excluding hydrogens is 423 g/mol. The number of benzene rings is 2. The van der Waals surface area contributed by atoms with Gasteiger partial charge in [-0.25, -0.2) is 8.42 Å². The van der Waals surface area contributed by atoms with Crippen LogP contribution in [0.15, 0.2) is 64.0 Å². The van der Waals surface area contributed by atoms with Gasteiger partial charge < -0.3 is 9.26 Å². The highest BCUT2D eigenvalue weighted by atomic mass is 32.2. The Labute approximate surface area is 170 Å². The number of halogens is 3. The highest BCUT2D eigenvalue weighted by Gasteiger charge is 2.36. The molecule has 1 aliphatic rings. The van der Waals surface area contributed by atoms with Gasteiger partial charge in [-0.15, -0.1) is 0 Å². The molecule has 1 unspecified atom stereocenters. The smallest absolute Gasteiger partial charge is 0.366 e. The molecule has 3 aromatic rings. The van der Waals surface area contributed by atoms with Crippen LogP contribution in [0, 0.1) is 0 Å². The second-order valence-corrected chi connectivity index (χ2v) is 8.51. The maximum atomic E-state index is 13.0. The Balaban J connectivity index is 1.56. The molecule has 0 saturated carbocycles. The van der Waals surface area contributed by atoms with E-state index in [0.29, 0.717) is 11.9 Å². The molecule has 1 aromatic heterocycles. The van der Waals surface area contributed by atoms with Gasteiger partial charge in [0.25, 0.3) is 5.89 Å². The van der Waals surface area contributed by atoms with Gasteiger partial charge in [0.15, 0.2) is 6.10 Å². The van der Waals surface area contributed by atoms with Crippen LogP contribution in [-0.4, -0.2) is 42.6 Å². The number of alkyl halides is 3. The first-order valence-electron chi connectivity index (χ1n) is 8.93. The second-order valence-electron chi connectivity index (χ2n) is 6.57. The fourth-order valence-electron chi connectivity index (χ4n) is 3.05.